The van der Waals surface area contributed by atoms with E-state index in [0.717, 1.165) is 34.2 Å². The average Bonchev–Trinajstić information content (AvgIpc) is 3.39. The minimum absolute atomic E-state index is 0.0322. The fourth-order valence-electron chi connectivity index (χ4n) is 7.45. The SMILES string of the molecule is CCc1cn2c3c(cc(C(=O)C[C@@H](Cc4ccccc4)[C@H](O)CCC4CCOc5cc(C(F)(F)F)ccc54)cc13)N(C)S(=O)(=O)C(C)(C)C2. The standard InChI is InChI=1S/C38H43F3N2O5S/c1-5-25-22-43-23-37(2,3)49(46,47)42(4)32-19-28(18-31(25)36(32)43)34(45)20-27(17-24-9-7-6-8-10-24)33(44)14-11-26-15-16-48-35-21-29(38(39,40)41)12-13-30(26)35/h6-10,12-13,18-19,21-22,26-27,33,44H,5,11,14-17,20,23H2,1-4H3/t26?,27-,33-/m1/s1. The third kappa shape index (κ3) is 6.71. The molecule has 0 amide bonds. The van der Waals surface area contributed by atoms with E-state index < -0.39 is 38.5 Å². The second kappa shape index (κ2) is 13.1. The number of aliphatic hydroxyl groups is 1. The van der Waals surface area contributed by atoms with Crippen molar-refractivity contribution >= 4 is 32.4 Å². The Morgan fingerprint density at radius 2 is 1.84 bits per heavy atom. The van der Waals surface area contributed by atoms with Gasteiger partial charge in [0.15, 0.2) is 5.78 Å². The molecule has 3 aromatic carbocycles. The molecule has 1 aromatic heterocycles. The van der Waals surface area contributed by atoms with Crippen LogP contribution in [0.5, 0.6) is 5.75 Å². The average molecular weight is 697 g/mol. The largest absolute Gasteiger partial charge is 0.493 e. The van der Waals surface area contributed by atoms with Crippen molar-refractivity contribution < 1.29 is 36.2 Å². The molecule has 2 aliphatic rings. The van der Waals surface area contributed by atoms with E-state index in [1.165, 1.54) is 17.4 Å². The van der Waals surface area contributed by atoms with Crippen molar-refractivity contribution in [2.75, 3.05) is 18.0 Å². The normalized spacial score (nSPS) is 19.5. The summed E-state index contributed by atoms with van der Waals surface area (Å²) in [4.78, 5) is 14.2. The zero-order valence-corrected chi connectivity index (χ0v) is 29.1. The highest BCUT2D eigenvalue weighted by Gasteiger charge is 2.42. The van der Waals surface area contributed by atoms with Crippen LogP contribution >= 0.6 is 0 Å². The van der Waals surface area contributed by atoms with E-state index in [4.69, 9.17) is 4.74 Å². The number of rotatable bonds is 10. The maximum absolute atomic E-state index is 14.2. The van der Waals surface area contributed by atoms with E-state index >= 15 is 0 Å². The van der Waals surface area contributed by atoms with Crippen LogP contribution in [0.15, 0.2) is 66.9 Å². The van der Waals surface area contributed by atoms with Crippen LogP contribution in [0.2, 0.25) is 0 Å². The Morgan fingerprint density at radius 3 is 2.53 bits per heavy atom. The first-order chi connectivity index (χ1) is 23.1. The lowest BCUT2D eigenvalue weighted by atomic mass is 9.82. The van der Waals surface area contributed by atoms with Gasteiger partial charge < -0.3 is 14.4 Å². The molecule has 262 valence electrons. The first-order valence-corrected chi connectivity index (χ1v) is 18.3. The van der Waals surface area contributed by atoms with E-state index in [9.17, 15) is 31.5 Å². The number of hydrogen-bond donors (Lipinski definition) is 1. The van der Waals surface area contributed by atoms with Gasteiger partial charge >= 0.3 is 6.18 Å². The number of halogens is 3. The van der Waals surface area contributed by atoms with E-state index in [1.807, 2.05) is 54.1 Å². The first-order valence-electron chi connectivity index (χ1n) is 16.8. The quantitative estimate of drug-likeness (QED) is 0.170. The summed E-state index contributed by atoms with van der Waals surface area (Å²) in [7, 11) is -2.22. The molecule has 11 heteroatoms. The van der Waals surface area contributed by atoms with Crippen molar-refractivity contribution in [2.45, 2.75) is 88.8 Å². The zero-order valence-electron chi connectivity index (χ0n) is 28.3. The Hall–Kier alpha value is -3.83. The number of nitrogens with zero attached hydrogens (tertiary/aromatic N) is 2. The number of benzene rings is 3. The molecule has 0 saturated carbocycles. The van der Waals surface area contributed by atoms with Crippen LogP contribution in [-0.4, -0.2) is 48.4 Å². The minimum Gasteiger partial charge on any atom is -0.493 e. The molecule has 0 fully saturated rings. The molecule has 1 N–H and O–H groups in total. The number of fused-ring (bicyclic) bond motifs is 1. The molecule has 2 aliphatic heterocycles. The first kappa shape index (κ1) is 35.0. The van der Waals surface area contributed by atoms with Gasteiger partial charge in [0.2, 0.25) is 10.0 Å². The molecule has 3 atom stereocenters. The number of carbonyl (C=O) groups excluding carboxylic acids is 1. The maximum atomic E-state index is 14.2. The topological polar surface area (TPSA) is 88.8 Å². The summed E-state index contributed by atoms with van der Waals surface area (Å²) in [5, 5.41) is 12.5. The van der Waals surface area contributed by atoms with Crippen LogP contribution in [0.1, 0.15) is 85.0 Å². The van der Waals surface area contributed by atoms with Crippen molar-refractivity contribution in [2.24, 2.45) is 5.92 Å². The number of ketones is 1. The van der Waals surface area contributed by atoms with E-state index in [-0.39, 0.29) is 37.0 Å². The predicted molar refractivity (Wildman–Crippen MR) is 185 cm³/mol. The van der Waals surface area contributed by atoms with Gasteiger partial charge in [-0.05, 0) is 98.7 Å². The number of sulfonamides is 1. The molecule has 0 bridgehead atoms. The molecular formula is C38H43F3N2O5S. The van der Waals surface area contributed by atoms with Gasteiger partial charge in [0, 0.05) is 37.2 Å². The lowest BCUT2D eigenvalue weighted by Gasteiger charge is -2.29. The number of anilines is 1. The Bertz CT molecular complexity index is 1970. The van der Waals surface area contributed by atoms with Crippen molar-refractivity contribution in [3.05, 3.63) is 94.7 Å². The summed E-state index contributed by atoms with van der Waals surface area (Å²) in [6.45, 7) is 6.02. The number of aromatic nitrogens is 1. The Morgan fingerprint density at radius 1 is 1.10 bits per heavy atom. The van der Waals surface area contributed by atoms with Gasteiger partial charge in [-0.25, -0.2) is 8.42 Å². The van der Waals surface area contributed by atoms with Gasteiger partial charge in [-0.2, -0.15) is 13.2 Å². The Kier molecular flexibility index (Phi) is 9.38. The minimum atomic E-state index is -4.47. The number of hydrogen-bond acceptors (Lipinski definition) is 5. The van der Waals surface area contributed by atoms with Crippen LogP contribution in [0.3, 0.4) is 0 Å². The Balaban J connectivity index is 1.28. The lowest BCUT2D eigenvalue weighted by Crippen LogP contribution is -2.44. The van der Waals surface area contributed by atoms with Gasteiger partial charge in [0.1, 0.15) is 10.5 Å². The predicted octanol–water partition coefficient (Wildman–Crippen LogP) is 7.92. The van der Waals surface area contributed by atoms with Gasteiger partial charge in [0.25, 0.3) is 0 Å². The molecule has 6 rings (SSSR count). The number of aryl methyl sites for hydroxylation is 1. The summed E-state index contributed by atoms with van der Waals surface area (Å²) < 4.78 is 75.0. The maximum Gasteiger partial charge on any atom is 0.416 e. The van der Waals surface area contributed by atoms with Crippen molar-refractivity contribution in [1.29, 1.82) is 0 Å². The smallest absolute Gasteiger partial charge is 0.416 e. The summed E-state index contributed by atoms with van der Waals surface area (Å²) >= 11 is 0. The summed E-state index contributed by atoms with van der Waals surface area (Å²) in [6, 6.07) is 16.7. The molecule has 0 saturated heterocycles. The summed E-state index contributed by atoms with van der Waals surface area (Å²) in [5.74, 6) is -0.514. The molecule has 1 unspecified atom stereocenters. The van der Waals surface area contributed by atoms with Crippen molar-refractivity contribution in [3.8, 4) is 5.75 Å². The van der Waals surface area contributed by atoms with E-state index in [0.29, 0.717) is 48.9 Å². The molecule has 0 aliphatic carbocycles. The van der Waals surface area contributed by atoms with E-state index in [2.05, 4.69) is 0 Å². The van der Waals surface area contributed by atoms with Gasteiger partial charge in [-0.1, -0.05) is 43.3 Å². The van der Waals surface area contributed by atoms with E-state index in [1.54, 1.807) is 19.9 Å². The fourth-order valence-corrected chi connectivity index (χ4v) is 8.89. The number of aliphatic hydroxyl groups excluding tert-OH is 1. The molecule has 7 nitrogen and oxygen atoms in total. The monoisotopic (exact) mass is 696 g/mol. The lowest BCUT2D eigenvalue weighted by molar-refractivity contribution is -0.137. The van der Waals surface area contributed by atoms with Gasteiger partial charge in [-0.3, -0.25) is 9.10 Å². The van der Waals surface area contributed by atoms with Gasteiger partial charge in [-0.15, -0.1) is 0 Å². The van der Waals surface area contributed by atoms with Crippen LogP contribution in [0, 0.1) is 5.92 Å². The second-order valence-electron chi connectivity index (χ2n) is 14.1. The Labute approximate surface area is 285 Å². The number of carbonyl (C=O) groups is 1. The highest BCUT2D eigenvalue weighted by atomic mass is 32.2. The number of ether oxygens (including phenoxy) is 1. The van der Waals surface area contributed by atoms with Crippen molar-refractivity contribution in [3.63, 3.8) is 0 Å². The van der Waals surface area contributed by atoms with Crippen LogP contribution < -0.4 is 9.04 Å². The van der Waals surface area contributed by atoms with Gasteiger partial charge in [0.05, 0.1) is 29.5 Å². The molecule has 3 heterocycles. The number of Topliss-reactive ketones (excluding diaryl/α,β-unsaturated/α-hetero) is 1. The van der Waals surface area contributed by atoms with Crippen LogP contribution in [0.4, 0.5) is 18.9 Å². The summed E-state index contributed by atoms with van der Waals surface area (Å²) in [6.07, 6.45) is -0.689. The fraction of sp³-hybridized carbons (Fsp3) is 0.447. The molecule has 0 radical (unpaired) electrons. The second-order valence-corrected chi connectivity index (χ2v) is 16.7. The zero-order chi connectivity index (χ0) is 35.3. The third-order valence-electron chi connectivity index (χ3n) is 10.3. The molecular weight excluding hydrogens is 653 g/mol. The highest BCUT2D eigenvalue weighted by Crippen LogP contribution is 2.42. The molecule has 49 heavy (non-hydrogen) atoms. The summed E-state index contributed by atoms with van der Waals surface area (Å²) in [5.41, 5.74) is 3.56. The molecule has 0 spiro atoms. The van der Waals surface area contributed by atoms with Crippen LogP contribution in [-0.2, 0) is 35.6 Å². The highest BCUT2D eigenvalue weighted by molar-refractivity contribution is 7.94. The number of alkyl halides is 3. The van der Waals surface area contributed by atoms with Crippen LogP contribution in [0.25, 0.3) is 10.9 Å². The van der Waals surface area contributed by atoms with Crippen molar-refractivity contribution in [1.82, 2.24) is 4.57 Å². The third-order valence-corrected chi connectivity index (χ3v) is 12.8. The molecule has 4 aromatic rings.